The van der Waals surface area contributed by atoms with Gasteiger partial charge in [-0.3, -0.25) is 0 Å². The van der Waals surface area contributed by atoms with Crippen molar-refractivity contribution in [3.63, 3.8) is 0 Å². The number of rotatable bonds is 4. The quantitative estimate of drug-likeness (QED) is 0.848. The molecule has 0 bridgehead atoms. The Hall–Kier alpha value is -2.01. The van der Waals surface area contributed by atoms with Crippen LogP contribution in [-0.2, 0) is 6.54 Å². The van der Waals surface area contributed by atoms with E-state index in [4.69, 9.17) is 11.6 Å². The van der Waals surface area contributed by atoms with E-state index in [9.17, 15) is 4.79 Å². The minimum atomic E-state index is -0.0538. The van der Waals surface area contributed by atoms with E-state index in [0.717, 1.165) is 29.7 Å². The molecular formula is C16H19ClN4O. The number of carbonyl (C=O) groups excluding carboxylic acids is 1. The third-order valence-corrected chi connectivity index (χ3v) is 4.04. The third kappa shape index (κ3) is 3.09. The molecule has 0 fully saturated rings. The molecule has 5 nitrogen and oxygen atoms in total. The topological polar surface area (TPSA) is 61.0 Å². The van der Waals surface area contributed by atoms with Gasteiger partial charge in [0.1, 0.15) is 5.82 Å². The van der Waals surface area contributed by atoms with Crippen molar-refractivity contribution in [2.24, 2.45) is 0 Å². The van der Waals surface area contributed by atoms with E-state index in [1.54, 1.807) is 6.07 Å². The molecule has 0 aliphatic carbocycles. The molecule has 0 radical (unpaired) electrons. The van der Waals surface area contributed by atoms with Crippen LogP contribution in [0.3, 0.4) is 0 Å². The molecule has 116 valence electrons. The lowest BCUT2D eigenvalue weighted by atomic mass is 10.2. The minimum Gasteiger partial charge on any atom is -0.340 e. The molecule has 1 aromatic carbocycles. The smallest absolute Gasteiger partial charge is 0.318 e. The fourth-order valence-corrected chi connectivity index (χ4v) is 2.90. The average molecular weight is 319 g/mol. The molecule has 1 atom stereocenters. The van der Waals surface area contributed by atoms with E-state index in [1.807, 2.05) is 23.1 Å². The summed E-state index contributed by atoms with van der Waals surface area (Å²) in [4.78, 5) is 21.8. The van der Waals surface area contributed by atoms with Crippen molar-refractivity contribution >= 4 is 28.7 Å². The van der Waals surface area contributed by atoms with Crippen molar-refractivity contribution < 1.29 is 4.79 Å². The van der Waals surface area contributed by atoms with Gasteiger partial charge in [-0.05, 0) is 24.6 Å². The number of imidazole rings is 1. The van der Waals surface area contributed by atoms with Crippen LogP contribution in [0.1, 0.15) is 25.6 Å². The number of nitrogens with one attached hydrogen (secondary N) is 2. The van der Waals surface area contributed by atoms with Crippen molar-refractivity contribution in [3.05, 3.63) is 41.2 Å². The highest BCUT2D eigenvalue weighted by molar-refractivity contribution is 6.31. The maximum Gasteiger partial charge on any atom is 0.318 e. The van der Waals surface area contributed by atoms with Crippen LogP contribution in [0, 0.1) is 0 Å². The number of aromatic amines is 1. The Morgan fingerprint density at radius 1 is 1.55 bits per heavy atom. The van der Waals surface area contributed by atoms with Crippen LogP contribution in [0.5, 0.6) is 0 Å². The van der Waals surface area contributed by atoms with E-state index in [0.29, 0.717) is 18.1 Å². The zero-order valence-corrected chi connectivity index (χ0v) is 13.2. The summed E-state index contributed by atoms with van der Waals surface area (Å²) in [7, 11) is 0. The fraction of sp³-hybridized carbons (Fsp3) is 0.375. The van der Waals surface area contributed by atoms with Gasteiger partial charge in [-0.2, -0.15) is 0 Å². The van der Waals surface area contributed by atoms with Gasteiger partial charge < -0.3 is 15.2 Å². The monoisotopic (exact) mass is 318 g/mol. The Balaban J connectivity index is 1.62. The van der Waals surface area contributed by atoms with Crippen LogP contribution in [-0.4, -0.2) is 33.5 Å². The second kappa shape index (κ2) is 6.40. The third-order valence-electron chi connectivity index (χ3n) is 3.81. The maximum atomic E-state index is 12.3. The van der Waals surface area contributed by atoms with Crippen LogP contribution in [0.25, 0.3) is 11.0 Å². The van der Waals surface area contributed by atoms with E-state index in [2.05, 4.69) is 28.3 Å². The van der Waals surface area contributed by atoms with Crippen molar-refractivity contribution in [1.82, 2.24) is 20.2 Å². The Bertz CT molecular complexity index is 709. The zero-order valence-electron chi connectivity index (χ0n) is 12.5. The molecule has 2 aromatic rings. The van der Waals surface area contributed by atoms with Crippen LogP contribution in [0.15, 0.2) is 30.4 Å². The number of halogens is 1. The van der Waals surface area contributed by atoms with Gasteiger partial charge in [0.15, 0.2) is 0 Å². The predicted molar refractivity (Wildman–Crippen MR) is 87.9 cm³/mol. The fourth-order valence-electron chi connectivity index (χ4n) is 2.73. The summed E-state index contributed by atoms with van der Waals surface area (Å²) in [6.07, 6.45) is 6.20. The van der Waals surface area contributed by atoms with Crippen LogP contribution < -0.4 is 5.32 Å². The summed E-state index contributed by atoms with van der Waals surface area (Å²) >= 11 is 5.96. The molecule has 0 saturated carbocycles. The highest BCUT2D eigenvalue weighted by Crippen LogP contribution is 2.18. The molecule has 2 N–H and O–H groups in total. The van der Waals surface area contributed by atoms with E-state index >= 15 is 0 Å². The number of aromatic nitrogens is 2. The van der Waals surface area contributed by atoms with Gasteiger partial charge in [0.2, 0.25) is 0 Å². The van der Waals surface area contributed by atoms with E-state index in [1.165, 1.54) is 0 Å². The number of carbonyl (C=O) groups is 1. The van der Waals surface area contributed by atoms with Crippen molar-refractivity contribution in [2.45, 2.75) is 32.4 Å². The normalized spacial score (nSPS) is 17.4. The Morgan fingerprint density at radius 3 is 3.23 bits per heavy atom. The molecule has 0 saturated heterocycles. The Kier molecular flexibility index (Phi) is 4.34. The number of hydrogen-bond acceptors (Lipinski definition) is 2. The molecule has 1 aliphatic rings. The molecule has 6 heteroatoms. The molecule has 1 aliphatic heterocycles. The highest BCUT2D eigenvalue weighted by Gasteiger charge is 2.23. The number of urea groups is 1. The SMILES string of the molecule is CCC[C@@H]1C=CCN1C(=O)NCc1nc2ccc(Cl)cc2[nH]1. The summed E-state index contributed by atoms with van der Waals surface area (Å²) in [5.74, 6) is 0.727. The summed E-state index contributed by atoms with van der Waals surface area (Å²) in [5.41, 5.74) is 1.73. The molecule has 2 heterocycles. The first kappa shape index (κ1) is 14.9. The lowest BCUT2D eigenvalue weighted by molar-refractivity contribution is 0.194. The van der Waals surface area contributed by atoms with Crippen LogP contribution in [0.4, 0.5) is 4.79 Å². The van der Waals surface area contributed by atoms with Crippen molar-refractivity contribution in [2.75, 3.05) is 6.54 Å². The summed E-state index contributed by atoms with van der Waals surface area (Å²) in [6.45, 7) is 3.18. The first-order chi connectivity index (χ1) is 10.7. The second-order valence-electron chi connectivity index (χ2n) is 5.44. The number of nitrogens with zero attached hydrogens (tertiary/aromatic N) is 2. The molecule has 2 amide bonds. The Labute approximate surface area is 134 Å². The first-order valence-corrected chi connectivity index (χ1v) is 7.90. The van der Waals surface area contributed by atoms with Gasteiger partial charge in [-0.15, -0.1) is 0 Å². The van der Waals surface area contributed by atoms with Gasteiger partial charge >= 0.3 is 6.03 Å². The number of amides is 2. The van der Waals surface area contributed by atoms with Crippen LogP contribution >= 0.6 is 11.6 Å². The molecular weight excluding hydrogens is 300 g/mol. The molecule has 1 aromatic heterocycles. The Morgan fingerprint density at radius 2 is 2.41 bits per heavy atom. The molecule has 0 unspecified atom stereocenters. The number of fused-ring (bicyclic) bond motifs is 1. The van der Waals surface area contributed by atoms with Gasteiger partial charge in [0.25, 0.3) is 0 Å². The summed E-state index contributed by atoms with van der Waals surface area (Å²) < 4.78 is 0. The van der Waals surface area contributed by atoms with Crippen molar-refractivity contribution in [1.29, 1.82) is 0 Å². The number of benzene rings is 1. The lowest BCUT2D eigenvalue weighted by Gasteiger charge is -2.24. The standard InChI is InChI=1S/C16H19ClN4O/c1-2-4-12-5-3-8-21(12)16(22)18-10-15-19-13-7-6-11(17)9-14(13)20-15/h3,5-7,9,12H,2,4,8,10H2,1H3,(H,18,22)(H,19,20)/t12-/m1/s1. The molecule has 22 heavy (non-hydrogen) atoms. The van der Waals surface area contributed by atoms with Crippen LogP contribution in [0.2, 0.25) is 5.02 Å². The van der Waals surface area contributed by atoms with Gasteiger partial charge in [0.05, 0.1) is 23.6 Å². The minimum absolute atomic E-state index is 0.0538. The largest absolute Gasteiger partial charge is 0.340 e. The van der Waals surface area contributed by atoms with Gasteiger partial charge in [0, 0.05) is 11.6 Å². The number of H-pyrrole nitrogens is 1. The molecule has 0 spiro atoms. The van der Waals surface area contributed by atoms with Crippen molar-refractivity contribution in [3.8, 4) is 0 Å². The maximum absolute atomic E-state index is 12.3. The van der Waals surface area contributed by atoms with E-state index < -0.39 is 0 Å². The average Bonchev–Trinajstić information content (AvgIpc) is 3.11. The first-order valence-electron chi connectivity index (χ1n) is 7.52. The zero-order chi connectivity index (χ0) is 15.5. The van der Waals surface area contributed by atoms with Gasteiger partial charge in [-0.25, -0.2) is 9.78 Å². The lowest BCUT2D eigenvalue weighted by Crippen LogP contribution is -2.43. The predicted octanol–water partition coefficient (Wildman–Crippen LogP) is 3.47. The number of hydrogen-bond donors (Lipinski definition) is 2. The summed E-state index contributed by atoms with van der Waals surface area (Å²) in [5, 5.41) is 3.59. The molecule has 3 rings (SSSR count). The summed E-state index contributed by atoms with van der Waals surface area (Å²) in [6, 6.07) is 5.65. The van der Waals surface area contributed by atoms with E-state index in [-0.39, 0.29) is 12.1 Å². The van der Waals surface area contributed by atoms with Gasteiger partial charge in [-0.1, -0.05) is 37.1 Å². The highest BCUT2D eigenvalue weighted by atomic mass is 35.5. The second-order valence-corrected chi connectivity index (χ2v) is 5.88.